The number of aromatic hydroxyl groups is 2. The molecule has 1 aliphatic rings. The summed E-state index contributed by atoms with van der Waals surface area (Å²) in [5.74, 6) is -0.540. The Labute approximate surface area is 285 Å². The van der Waals surface area contributed by atoms with Gasteiger partial charge >= 0.3 is 12.1 Å². The molecule has 0 spiro atoms. The van der Waals surface area contributed by atoms with Crippen molar-refractivity contribution in [2.45, 2.75) is 65.6 Å². The maximum Gasteiger partial charge on any atom is 0.410 e. The minimum atomic E-state index is -1.01. The van der Waals surface area contributed by atoms with Crippen LogP contribution in [0.4, 0.5) is 4.79 Å². The number of nitrogens with zero attached hydrogens (tertiary/aromatic N) is 4. The molecule has 49 heavy (non-hydrogen) atoms. The lowest BCUT2D eigenvalue weighted by molar-refractivity contribution is -0.154. The van der Waals surface area contributed by atoms with E-state index in [1.807, 2.05) is 75.4 Å². The summed E-state index contributed by atoms with van der Waals surface area (Å²) in [6.45, 7) is 8.74. The number of aromatic nitrogens is 3. The zero-order valence-electron chi connectivity index (χ0n) is 28.3. The largest absolute Gasteiger partial charge is 0.508 e. The number of likely N-dealkylation sites (tertiary alicyclic amines) is 1. The number of benzene rings is 3. The van der Waals surface area contributed by atoms with Crippen LogP contribution >= 0.6 is 0 Å². The van der Waals surface area contributed by atoms with Gasteiger partial charge in [-0.25, -0.2) is 9.59 Å². The van der Waals surface area contributed by atoms with E-state index in [0.717, 1.165) is 30.4 Å². The highest BCUT2D eigenvalue weighted by atomic mass is 16.6. The fraction of sp³-hybridized carbons (Fsp3) is 0.378. The van der Waals surface area contributed by atoms with Gasteiger partial charge in [-0.1, -0.05) is 56.3 Å². The van der Waals surface area contributed by atoms with Crippen LogP contribution in [0.3, 0.4) is 0 Å². The average Bonchev–Trinajstić information content (AvgIpc) is 3.53. The Morgan fingerprint density at radius 1 is 0.918 bits per heavy atom. The van der Waals surface area contributed by atoms with Gasteiger partial charge in [0, 0.05) is 31.4 Å². The fourth-order valence-electron chi connectivity index (χ4n) is 5.88. The molecule has 4 aromatic rings. The van der Waals surface area contributed by atoms with Crippen molar-refractivity contribution in [2.75, 3.05) is 19.6 Å². The average molecular weight is 670 g/mol. The number of nitrogens with one attached hydrogen (secondary N) is 1. The van der Waals surface area contributed by atoms with E-state index in [2.05, 4.69) is 15.5 Å². The van der Waals surface area contributed by atoms with Gasteiger partial charge in [-0.05, 0) is 79.8 Å². The Hall–Kier alpha value is -5.39. The van der Waals surface area contributed by atoms with Crippen LogP contribution in [-0.4, -0.2) is 73.6 Å². The van der Waals surface area contributed by atoms with E-state index in [1.165, 1.54) is 13.0 Å². The number of phenols is 2. The fourth-order valence-corrected chi connectivity index (χ4v) is 5.88. The van der Waals surface area contributed by atoms with E-state index in [-0.39, 0.29) is 35.7 Å². The molecule has 0 aliphatic carbocycles. The first kappa shape index (κ1) is 34.9. The van der Waals surface area contributed by atoms with Gasteiger partial charge in [-0.15, -0.1) is 10.2 Å². The van der Waals surface area contributed by atoms with E-state index in [4.69, 9.17) is 9.47 Å². The second-order valence-corrected chi connectivity index (χ2v) is 12.5. The third-order valence-corrected chi connectivity index (χ3v) is 8.64. The number of carbonyl (C=O) groups is 3. The highest BCUT2D eigenvalue weighted by molar-refractivity contribution is 5.92. The number of amides is 2. The molecule has 0 radical (unpaired) electrons. The van der Waals surface area contributed by atoms with E-state index in [1.54, 1.807) is 15.5 Å². The summed E-state index contributed by atoms with van der Waals surface area (Å²) in [6, 6.07) is 20.0. The lowest BCUT2D eigenvalue weighted by atomic mass is 9.90. The molecular formula is C37H43N5O7. The van der Waals surface area contributed by atoms with Crippen molar-refractivity contribution in [2.24, 2.45) is 5.92 Å². The van der Waals surface area contributed by atoms with Crippen LogP contribution in [0.5, 0.6) is 11.5 Å². The Morgan fingerprint density at radius 3 is 2.27 bits per heavy atom. The summed E-state index contributed by atoms with van der Waals surface area (Å²) >= 11 is 0. The molecule has 12 heteroatoms. The first-order valence-corrected chi connectivity index (χ1v) is 16.6. The van der Waals surface area contributed by atoms with Crippen LogP contribution < -0.4 is 5.32 Å². The molecule has 0 bridgehead atoms. The van der Waals surface area contributed by atoms with Gasteiger partial charge in [0.05, 0.1) is 5.56 Å². The van der Waals surface area contributed by atoms with Gasteiger partial charge in [0.2, 0.25) is 5.82 Å². The van der Waals surface area contributed by atoms with Gasteiger partial charge in [-0.3, -0.25) is 9.36 Å². The van der Waals surface area contributed by atoms with Crippen LogP contribution in [0, 0.1) is 5.92 Å². The van der Waals surface area contributed by atoms with E-state index in [9.17, 15) is 24.6 Å². The summed E-state index contributed by atoms with van der Waals surface area (Å²) in [7, 11) is 0. The van der Waals surface area contributed by atoms with Crippen LogP contribution in [0.25, 0.3) is 17.1 Å². The Balaban J connectivity index is 1.22. The molecule has 1 aliphatic heterocycles. The van der Waals surface area contributed by atoms with Crippen molar-refractivity contribution in [1.29, 1.82) is 0 Å². The molecular weight excluding hydrogens is 626 g/mol. The number of carbonyl (C=O) groups excluding carboxylic acids is 3. The van der Waals surface area contributed by atoms with Crippen molar-refractivity contribution >= 4 is 18.0 Å². The van der Waals surface area contributed by atoms with Crippen molar-refractivity contribution in [3.8, 4) is 28.6 Å². The standard InChI is InChI=1S/C37H43N5O7/c1-5-38-35(45)34-40-39-33(30-20-29(23(2)3)31(43)21-32(30)44)42(34)28-13-11-25(12-14-28)19-26-15-17-41(18-16-26)37(47)49-24(4)36(46)48-22-27-9-7-6-8-10-27/h6-14,20-21,23-24,26,43-44H,5,15-19,22H2,1-4H3,(H,38,45)/t24-/m0/s1. The number of piperidine rings is 1. The van der Waals surface area contributed by atoms with Crippen LogP contribution in [0.1, 0.15) is 73.8 Å². The number of phenolic OH excluding ortho intramolecular Hbond substituents is 2. The van der Waals surface area contributed by atoms with Crippen LogP contribution in [0.15, 0.2) is 66.7 Å². The van der Waals surface area contributed by atoms with Crippen molar-refractivity contribution in [1.82, 2.24) is 25.0 Å². The van der Waals surface area contributed by atoms with Crippen LogP contribution in [-0.2, 0) is 27.3 Å². The summed E-state index contributed by atoms with van der Waals surface area (Å²) in [5, 5.41) is 32.4. The lowest BCUT2D eigenvalue weighted by Crippen LogP contribution is -2.41. The summed E-state index contributed by atoms with van der Waals surface area (Å²) in [6.07, 6.45) is 0.806. The Kier molecular flexibility index (Phi) is 11.2. The zero-order chi connectivity index (χ0) is 35.1. The Morgan fingerprint density at radius 2 is 1.61 bits per heavy atom. The van der Waals surface area contributed by atoms with Gasteiger partial charge in [0.1, 0.15) is 18.1 Å². The van der Waals surface area contributed by atoms with Gasteiger partial charge in [0.15, 0.2) is 11.9 Å². The number of hydrogen-bond donors (Lipinski definition) is 3. The number of esters is 1. The number of rotatable bonds is 11. The molecule has 2 heterocycles. The summed E-state index contributed by atoms with van der Waals surface area (Å²) < 4.78 is 12.3. The predicted molar refractivity (Wildman–Crippen MR) is 182 cm³/mol. The summed E-state index contributed by atoms with van der Waals surface area (Å²) in [4.78, 5) is 39.7. The maximum atomic E-state index is 13.0. The molecule has 1 atom stereocenters. The van der Waals surface area contributed by atoms with Crippen molar-refractivity contribution < 1.29 is 34.1 Å². The second-order valence-electron chi connectivity index (χ2n) is 12.5. The molecule has 1 fully saturated rings. The first-order valence-electron chi connectivity index (χ1n) is 16.6. The third kappa shape index (κ3) is 8.37. The highest BCUT2D eigenvalue weighted by Gasteiger charge is 2.28. The topological polar surface area (TPSA) is 156 Å². The molecule has 1 saturated heterocycles. The molecule has 3 aromatic carbocycles. The molecule has 258 valence electrons. The first-order chi connectivity index (χ1) is 23.5. The minimum absolute atomic E-state index is 0.0205. The predicted octanol–water partition coefficient (Wildman–Crippen LogP) is 5.74. The SMILES string of the molecule is CCNC(=O)c1nnc(-c2cc(C(C)C)c(O)cc2O)n1-c1ccc(CC2CCN(C(=O)O[C@@H](C)C(=O)OCc3ccccc3)CC2)cc1. The third-order valence-electron chi connectivity index (χ3n) is 8.64. The monoisotopic (exact) mass is 669 g/mol. The molecule has 12 nitrogen and oxygen atoms in total. The molecule has 1 aromatic heterocycles. The van der Waals surface area contributed by atoms with Gasteiger partial charge in [-0.2, -0.15) is 0 Å². The van der Waals surface area contributed by atoms with Crippen molar-refractivity contribution in [3.05, 3.63) is 89.2 Å². The van der Waals surface area contributed by atoms with Crippen molar-refractivity contribution in [3.63, 3.8) is 0 Å². The minimum Gasteiger partial charge on any atom is -0.508 e. The van der Waals surface area contributed by atoms with Crippen LogP contribution in [0.2, 0.25) is 0 Å². The molecule has 5 rings (SSSR count). The normalized spacial score (nSPS) is 14.0. The van der Waals surface area contributed by atoms with E-state index in [0.29, 0.717) is 42.4 Å². The Bertz CT molecular complexity index is 1760. The lowest BCUT2D eigenvalue weighted by Gasteiger charge is -2.32. The van der Waals surface area contributed by atoms with E-state index >= 15 is 0 Å². The smallest absolute Gasteiger partial charge is 0.410 e. The second kappa shape index (κ2) is 15.7. The highest BCUT2D eigenvalue weighted by Crippen LogP contribution is 2.38. The van der Waals surface area contributed by atoms with Gasteiger partial charge < -0.3 is 29.9 Å². The molecule has 0 unspecified atom stereocenters. The molecule has 2 amide bonds. The van der Waals surface area contributed by atoms with E-state index < -0.39 is 24.1 Å². The maximum absolute atomic E-state index is 13.0. The molecule has 0 saturated carbocycles. The zero-order valence-corrected chi connectivity index (χ0v) is 28.3. The number of ether oxygens (including phenoxy) is 2. The quantitative estimate of drug-likeness (QED) is 0.170. The molecule has 3 N–H and O–H groups in total. The number of hydrogen-bond acceptors (Lipinski definition) is 9. The van der Waals surface area contributed by atoms with Gasteiger partial charge in [0.25, 0.3) is 5.91 Å². The summed E-state index contributed by atoms with van der Waals surface area (Å²) in [5.41, 5.74) is 3.55.